The SMILES string of the molecule is COc1ccccc1CNCC1(c2ccccc2)CCNCC1.Cl.Cl. The lowest BCUT2D eigenvalue weighted by atomic mass is 9.73. The molecule has 0 aromatic heterocycles. The van der Waals surface area contributed by atoms with E-state index < -0.39 is 0 Å². The average Bonchev–Trinajstić information content (AvgIpc) is 2.64. The maximum absolute atomic E-state index is 5.45. The van der Waals surface area contributed by atoms with Crippen LogP contribution in [0.5, 0.6) is 5.75 Å². The summed E-state index contributed by atoms with van der Waals surface area (Å²) in [5.41, 5.74) is 2.90. The Labute approximate surface area is 163 Å². The number of hydrogen-bond acceptors (Lipinski definition) is 3. The highest BCUT2D eigenvalue weighted by molar-refractivity contribution is 5.85. The molecule has 25 heavy (non-hydrogen) atoms. The molecule has 0 aliphatic carbocycles. The Morgan fingerprint density at radius 2 is 1.60 bits per heavy atom. The Hall–Kier alpha value is -1.26. The summed E-state index contributed by atoms with van der Waals surface area (Å²) < 4.78 is 5.45. The van der Waals surface area contributed by atoms with Crippen LogP contribution in [0.4, 0.5) is 0 Å². The van der Waals surface area contributed by atoms with Crippen LogP contribution in [0, 0.1) is 0 Å². The number of methoxy groups -OCH3 is 1. The van der Waals surface area contributed by atoms with Gasteiger partial charge in [0, 0.05) is 24.1 Å². The van der Waals surface area contributed by atoms with E-state index in [1.54, 1.807) is 7.11 Å². The number of para-hydroxylation sites is 1. The Morgan fingerprint density at radius 3 is 2.28 bits per heavy atom. The van der Waals surface area contributed by atoms with Crippen LogP contribution in [0.15, 0.2) is 54.6 Å². The number of piperidine rings is 1. The van der Waals surface area contributed by atoms with Crippen molar-refractivity contribution >= 4 is 24.8 Å². The maximum Gasteiger partial charge on any atom is 0.123 e. The molecule has 1 aliphatic heterocycles. The van der Waals surface area contributed by atoms with Gasteiger partial charge in [0.15, 0.2) is 0 Å². The lowest BCUT2D eigenvalue weighted by Gasteiger charge is -2.38. The maximum atomic E-state index is 5.45. The fraction of sp³-hybridized carbons (Fsp3) is 0.400. The standard InChI is InChI=1S/C20H26N2O.2ClH/c1-23-19-10-6-5-7-17(19)15-22-16-20(11-13-21-14-12-20)18-8-3-2-4-9-18;;/h2-10,21-22H,11-16H2,1H3;2*1H. The second-order valence-electron chi connectivity index (χ2n) is 6.31. The van der Waals surface area contributed by atoms with Crippen LogP contribution in [0.25, 0.3) is 0 Å². The summed E-state index contributed by atoms with van der Waals surface area (Å²) in [6.07, 6.45) is 2.35. The van der Waals surface area contributed by atoms with Crippen molar-refractivity contribution in [3.63, 3.8) is 0 Å². The molecule has 0 radical (unpaired) electrons. The molecule has 1 aliphatic rings. The van der Waals surface area contributed by atoms with Gasteiger partial charge in [0.25, 0.3) is 0 Å². The van der Waals surface area contributed by atoms with Gasteiger partial charge >= 0.3 is 0 Å². The van der Waals surface area contributed by atoms with E-state index in [4.69, 9.17) is 4.74 Å². The van der Waals surface area contributed by atoms with Crippen molar-refractivity contribution in [2.24, 2.45) is 0 Å². The summed E-state index contributed by atoms with van der Waals surface area (Å²) in [6.45, 7) is 4.01. The van der Waals surface area contributed by atoms with E-state index in [0.717, 1.165) is 31.9 Å². The first kappa shape index (κ1) is 21.8. The Balaban J connectivity index is 0.00000156. The quantitative estimate of drug-likeness (QED) is 0.793. The minimum atomic E-state index is 0. The fourth-order valence-electron chi connectivity index (χ4n) is 3.55. The summed E-state index contributed by atoms with van der Waals surface area (Å²) in [5.74, 6) is 0.957. The third-order valence-corrected chi connectivity index (χ3v) is 4.92. The van der Waals surface area contributed by atoms with Crippen molar-refractivity contribution in [1.82, 2.24) is 10.6 Å². The molecule has 1 saturated heterocycles. The van der Waals surface area contributed by atoms with Gasteiger partial charge in [0.2, 0.25) is 0 Å². The van der Waals surface area contributed by atoms with Crippen molar-refractivity contribution in [3.05, 3.63) is 65.7 Å². The monoisotopic (exact) mass is 382 g/mol. The minimum absolute atomic E-state index is 0. The Kier molecular flexibility index (Phi) is 9.30. The normalized spacial score (nSPS) is 15.6. The summed E-state index contributed by atoms with van der Waals surface area (Å²) in [4.78, 5) is 0. The summed E-state index contributed by atoms with van der Waals surface area (Å²) >= 11 is 0. The second kappa shape index (κ2) is 10.7. The van der Waals surface area contributed by atoms with Crippen molar-refractivity contribution in [2.75, 3.05) is 26.7 Å². The van der Waals surface area contributed by atoms with Crippen LogP contribution in [-0.4, -0.2) is 26.7 Å². The topological polar surface area (TPSA) is 33.3 Å². The van der Waals surface area contributed by atoms with Crippen molar-refractivity contribution in [3.8, 4) is 5.75 Å². The molecule has 0 unspecified atom stereocenters. The van der Waals surface area contributed by atoms with Crippen molar-refractivity contribution in [1.29, 1.82) is 0 Å². The third-order valence-electron chi connectivity index (χ3n) is 4.92. The van der Waals surface area contributed by atoms with Gasteiger partial charge in [-0.15, -0.1) is 24.8 Å². The van der Waals surface area contributed by atoms with Crippen LogP contribution in [-0.2, 0) is 12.0 Å². The smallest absolute Gasteiger partial charge is 0.123 e. The van der Waals surface area contributed by atoms with Gasteiger partial charge in [-0.1, -0.05) is 48.5 Å². The number of nitrogens with one attached hydrogen (secondary N) is 2. The van der Waals surface area contributed by atoms with Crippen molar-refractivity contribution in [2.45, 2.75) is 24.8 Å². The van der Waals surface area contributed by atoms with E-state index in [2.05, 4.69) is 53.1 Å². The predicted octanol–water partition coefficient (Wildman–Crippen LogP) is 3.95. The van der Waals surface area contributed by atoms with Gasteiger partial charge in [-0.25, -0.2) is 0 Å². The second-order valence-corrected chi connectivity index (χ2v) is 6.31. The van der Waals surface area contributed by atoms with Crippen LogP contribution in [0.3, 0.4) is 0 Å². The first-order valence-corrected chi connectivity index (χ1v) is 8.43. The molecule has 0 amide bonds. The predicted molar refractivity (Wildman–Crippen MR) is 109 cm³/mol. The molecule has 5 heteroatoms. The highest BCUT2D eigenvalue weighted by atomic mass is 35.5. The largest absolute Gasteiger partial charge is 0.496 e. The number of benzene rings is 2. The molecule has 0 bridgehead atoms. The number of rotatable bonds is 6. The Morgan fingerprint density at radius 1 is 0.960 bits per heavy atom. The molecule has 138 valence electrons. The summed E-state index contributed by atoms with van der Waals surface area (Å²) in [6, 6.07) is 19.2. The number of ether oxygens (including phenoxy) is 1. The average molecular weight is 383 g/mol. The number of hydrogen-bond donors (Lipinski definition) is 2. The van der Waals surface area contributed by atoms with Gasteiger partial charge in [0.05, 0.1) is 7.11 Å². The van der Waals surface area contributed by atoms with Gasteiger partial charge in [-0.2, -0.15) is 0 Å². The van der Waals surface area contributed by atoms with Gasteiger partial charge in [-0.3, -0.25) is 0 Å². The highest BCUT2D eigenvalue weighted by Gasteiger charge is 2.33. The van der Waals surface area contributed by atoms with E-state index in [9.17, 15) is 0 Å². The van der Waals surface area contributed by atoms with Crippen LogP contribution in [0.1, 0.15) is 24.0 Å². The molecule has 1 fully saturated rings. The molecule has 0 spiro atoms. The first-order valence-electron chi connectivity index (χ1n) is 8.43. The van der Waals surface area contributed by atoms with Crippen LogP contribution >= 0.6 is 24.8 Å². The van der Waals surface area contributed by atoms with Gasteiger partial charge in [0.1, 0.15) is 5.75 Å². The lowest BCUT2D eigenvalue weighted by Crippen LogP contribution is -2.46. The zero-order valence-electron chi connectivity index (χ0n) is 14.7. The molecule has 3 rings (SSSR count). The molecular weight excluding hydrogens is 355 g/mol. The minimum Gasteiger partial charge on any atom is -0.496 e. The van der Waals surface area contributed by atoms with Crippen LogP contribution < -0.4 is 15.4 Å². The first-order chi connectivity index (χ1) is 11.3. The van der Waals surface area contributed by atoms with Gasteiger partial charge < -0.3 is 15.4 Å². The third kappa shape index (κ3) is 5.35. The zero-order valence-corrected chi connectivity index (χ0v) is 16.3. The molecular formula is C20H28Cl2N2O. The van der Waals surface area contributed by atoms with E-state index in [1.807, 2.05) is 12.1 Å². The van der Waals surface area contributed by atoms with E-state index in [0.29, 0.717) is 0 Å². The number of halogens is 2. The van der Waals surface area contributed by atoms with Crippen molar-refractivity contribution < 1.29 is 4.74 Å². The molecule has 0 atom stereocenters. The fourth-order valence-corrected chi connectivity index (χ4v) is 3.55. The summed E-state index contributed by atoms with van der Waals surface area (Å²) in [5, 5.41) is 7.17. The Bertz CT molecular complexity index is 616. The molecule has 3 nitrogen and oxygen atoms in total. The molecule has 2 N–H and O–H groups in total. The molecule has 2 aromatic carbocycles. The molecule has 2 aromatic rings. The molecule has 1 heterocycles. The zero-order chi connectivity index (χ0) is 16.0. The lowest BCUT2D eigenvalue weighted by molar-refractivity contribution is 0.292. The van der Waals surface area contributed by atoms with Crippen LogP contribution in [0.2, 0.25) is 0 Å². The molecule has 0 saturated carbocycles. The highest BCUT2D eigenvalue weighted by Crippen LogP contribution is 2.33. The van der Waals surface area contributed by atoms with E-state index in [1.165, 1.54) is 24.0 Å². The van der Waals surface area contributed by atoms with E-state index in [-0.39, 0.29) is 30.2 Å². The summed E-state index contributed by atoms with van der Waals surface area (Å²) in [7, 11) is 1.73. The van der Waals surface area contributed by atoms with Gasteiger partial charge in [-0.05, 0) is 37.6 Å². The van der Waals surface area contributed by atoms with E-state index >= 15 is 0 Å².